The van der Waals surface area contributed by atoms with Crippen molar-refractivity contribution in [1.82, 2.24) is 23.8 Å². The first-order valence-corrected chi connectivity index (χ1v) is 16.4. The Bertz CT molecular complexity index is 1710. The van der Waals surface area contributed by atoms with Gasteiger partial charge in [-0.15, -0.1) is 0 Å². The zero-order valence-electron chi connectivity index (χ0n) is 24.6. The Balaban J connectivity index is 1.23. The van der Waals surface area contributed by atoms with Gasteiger partial charge < -0.3 is 19.9 Å². The fraction of sp³-hybridized carbons (Fsp3) is 0.531. The van der Waals surface area contributed by atoms with Gasteiger partial charge in [-0.2, -0.15) is 0 Å². The summed E-state index contributed by atoms with van der Waals surface area (Å²) < 4.78 is 12.7. The summed E-state index contributed by atoms with van der Waals surface area (Å²) in [6.45, 7) is 5.31. The molecular formula is C32H39N7O2S. The van der Waals surface area contributed by atoms with Crippen molar-refractivity contribution in [3.63, 3.8) is 0 Å². The Labute approximate surface area is 250 Å². The summed E-state index contributed by atoms with van der Waals surface area (Å²) in [5.41, 5.74) is 11.7. The summed E-state index contributed by atoms with van der Waals surface area (Å²) in [7, 11) is 1.66. The molecule has 4 aromatic rings. The molecule has 8 rings (SSSR count). The van der Waals surface area contributed by atoms with Gasteiger partial charge in [0.1, 0.15) is 22.8 Å². The third-order valence-corrected chi connectivity index (χ3v) is 11.2. The number of nitrogens with zero attached hydrogens (tertiary/aromatic N) is 6. The number of ether oxygens (including phenoxy) is 1. The number of hydrogen-bond acceptors (Lipinski definition) is 7. The SMILES string of the molecule is COc1cc(C(=O)N2C3CC[C@H]2CC3N)cc2nc(-c3cc4ccc(N5SCCCC5C)nc4n3CC3CC3)c(C)n12. The highest BCUT2D eigenvalue weighted by Crippen LogP contribution is 2.40. The number of nitrogens with two attached hydrogens (primary N) is 1. The number of carbonyl (C=O) groups excluding carboxylic acids is 1. The van der Waals surface area contributed by atoms with E-state index in [9.17, 15) is 4.79 Å². The third-order valence-electron chi connectivity index (χ3n) is 9.93. The van der Waals surface area contributed by atoms with E-state index in [1.807, 2.05) is 33.4 Å². The van der Waals surface area contributed by atoms with Crippen LogP contribution in [0.15, 0.2) is 30.3 Å². The number of hydrogen-bond donors (Lipinski definition) is 1. The van der Waals surface area contributed by atoms with E-state index < -0.39 is 0 Å². The van der Waals surface area contributed by atoms with E-state index in [1.165, 1.54) is 25.7 Å². The van der Waals surface area contributed by atoms with Gasteiger partial charge >= 0.3 is 0 Å². The summed E-state index contributed by atoms with van der Waals surface area (Å²) in [5, 5.41) is 1.13. The molecule has 3 saturated heterocycles. The Hall–Kier alpha value is -3.24. The summed E-state index contributed by atoms with van der Waals surface area (Å²) in [5.74, 6) is 3.49. The molecule has 0 spiro atoms. The molecule has 4 aromatic heterocycles. The van der Waals surface area contributed by atoms with Gasteiger partial charge in [0.25, 0.3) is 5.91 Å². The number of anilines is 1. The first-order valence-electron chi connectivity index (χ1n) is 15.5. The number of rotatable bonds is 6. The highest BCUT2D eigenvalue weighted by atomic mass is 32.2. The molecule has 0 radical (unpaired) electrons. The zero-order chi connectivity index (χ0) is 28.7. The summed E-state index contributed by atoms with van der Waals surface area (Å²) >= 11 is 1.89. The van der Waals surface area contributed by atoms with Crippen LogP contribution in [0.25, 0.3) is 28.1 Å². The van der Waals surface area contributed by atoms with Crippen molar-refractivity contribution in [2.75, 3.05) is 17.2 Å². The highest BCUT2D eigenvalue weighted by molar-refractivity contribution is 8.00. The lowest BCUT2D eigenvalue weighted by Gasteiger charge is -2.32. The van der Waals surface area contributed by atoms with Crippen molar-refractivity contribution in [3.05, 3.63) is 41.6 Å². The van der Waals surface area contributed by atoms with E-state index in [2.05, 4.69) is 40.9 Å². The number of imidazole rings is 1. The molecule has 3 aliphatic heterocycles. The number of aromatic nitrogens is 4. The second-order valence-electron chi connectivity index (χ2n) is 12.8. The Morgan fingerprint density at radius 3 is 2.69 bits per heavy atom. The monoisotopic (exact) mass is 585 g/mol. The molecule has 4 atom stereocenters. The Morgan fingerprint density at radius 1 is 1.12 bits per heavy atom. The van der Waals surface area contributed by atoms with E-state index >= 15 is 0 Å². The number of pyridine rings is 2. The van der Waals surface area contributed by atoms with Crippen molar-refractivity contribution < 1.29 is 9.53 Å². The smallest absolute Gasteiger partial charge is 0.254 e. The predicted octanol–water partition coefficient (Wildman–Crippen LogP) is 5.42. The largest absolute Gasteiger partial charge is 0.482 e. The summed E-state index contributed by atoms with van der Waals surface area (Å²) in [6.07, 6.45) is 7.86. The van der Waals surface area contributed by atoms with Crippen LogP contribution in [-0.4, -0.2) is 66.8 Å². The van der Waals surface area contributed by atoms with Crippen LogP contribution in [0.2, 0.25) is 0 Å². The van der Waals surface area contributed by atoms with Gasteiger partial charge in [-0.1, -0.05) is 0 Å². The summed E-state index contributed by atoms with van der Waals surface area (Å²) in [6, 6.07) is 11.3. The number of fused-ring (bicyclic) bond motifs is 4. The molecular weight excluding hydrogens is 546 g/mol. The maximum atomic E-state index is 13.8. The third kappa shape index (κ3) is 4.12. The average Bonchev–Trinajstić information content (AvgIpc) is 3.32. The Morgan fingerprint density at radius 2 is 1.98 bits per heavy atom. The van der Waals surface area contributed by atoms with Crippen LogP contribution in [0.1, 0.15) is 67.9 Å². The lowest BCUT2D eigenvalue weighted by atomic mass is 9.97. The number of methoxy groups -OCH3 is 1. The van der Waals surface area contributed by atoms with Crippen LogP contribution < -0.4 is 14.8 Å². The van der Waals surface area contributed by atoms with Crippen molar-refractivity contribution in [2.45, 2.75) is 89.5 Å². The molecule has 4 fully saturated rings. The topological polar surface area (TPSA) is 93.9 Å². The molecule has 42 heavy (non-hydrogen) atoms. The van der Waals surface area contributed by atoms with Crippen molar-refractivity contribution in [3.8, 4) is 17.3 Å². The molecule has 7 heterocycles. The second kappa shape index (κ2) is 9.91. The van der Waals surface area contributed by atoms with Crippen LogP contribution >= 0.6 is 11.9 Å². The van der Waals surface area contributed by atoms with E-state index in [1.54, 1.807) is 7.11 Å². The van der Waals surface area contributed by atoms with Crippen molar-refractivity contribution >= 4 is 40.4 Å². The number of carbonyl (C=O) groups is 1. The van der Waals surface area contributed by atoms with E-state index in [-0.39, 0.29) is 24.0 Å². The molecule has 2 bridgehead atoms. The van der Waals surface area contributed by atoms with Gasteiger partial charge in [0.05, 0.1) is 18.5 Å². The molecule has 1 aliphatic carbocycles. The van der Waals surface area contributed by atoms with E-state index in [0.29, 0.717) is 23.4 Å². The van der Waals surface area contributed by atoms with Crippen molar-refractivity contribution in [2.24, 2.45) is 11.7 Å². The molecule has 1 amide bonds. The fourth-order valence-electron chi connectivity index (χ4n) is 7.55. The molecule has 220 valence electrons. The van der Waals surface area contributed by atoms with E-state index in [4.69, 9.17) is 20.4 Å². The van der Waals surface area contributed by atoms with Crippen LogP contribution in [0.4, 0.5) is 5.82 Å². The average molecular weight is 586 g/mol. The van der Waals surface area contributed by atoms with Gasteiger partial charge in [0.15, 0.2) is 5.88 Å². The van der Waals surface area contributed by atoms with E-state index in [0.717, 1.165) is 71.1 Å². The first-order chi connectivity index (χ1) is 20.4. The molecule has 4 aliphatic rings. The molecule has 3 unspecified atom stereocenters. The Kier molecular flexibility index (Phi) is 6.23. The van der Waals surface area contributed by atoms with Crippen LogP contribution in [0.3, 0.4) is 0 Å². The van der Waals surface area contributed by atoms with Crippen LogP contribution in [-0.2, 0) is 6.54 Å². The minimum absolute atomic E-state index is 0.0304. The van der Waals surface area contributed by atoms with Gasteiger partial charge in [0, 0.05) is 53.5 Å². The minimum atomic E-state index is 0.0304. The lowest BCUT2D eigenvalue weighted by Crippen LogP contribution is -2.40. The maximum absolute atomic E-state index is 13.8. The molecule has 1 saturated carbocycles. The molecule has 9 nitrogen and oxygen atoms in total. The van der Waals surface area contributed by atoms with Gasteiger partial charge in [-0.25, -0.2) is 9.97 Å². The van der Waals surface area contributed by atoms with Gasteiger partial charge in [0.2, 0.25) is 0 Å². The molecule has 10 heteroatoms. The quantitative estimate of drug-likeness (QED) is 0.302. The first kappa shape index (κ1) is 26.4. The van der Waals surface area contributed by atoms with Crippen LogP contribution in [0, 0.1) is 12.8 Å². The molecule has 2 N–H and O–H groups in total. The molecule has 0 aromatic carbocycles. The minimum Gasteiger partial charge on any atom is -0.482 e. The standard InChI is InChI=1S/C32H39N7O2S/c1-18-5-4-12-42-39(18)27-11-8-21-13-26(36(31(21)35-27)17-20-6-7-20)30-19(2)37-28(34-30)14-22(15-29(37)41-3)32(40)38-23-9-10-25(38)24(33)16-23/h8,11,13-15,18,20,23-25H,4-7,9-10,12,16-17,33H2,1-3H3/t18?,23-,24?,25?/m0/s1. The summed E-state index contributed by atoms with van der Waals surface area (Å²) in [4.78, 5) is 26.2. The fourth-order valence-corrected chi connectivity index (χ4v) is 8.64. The highest BCUT2D eigenvalue weighted by Gasteiger charge is 2.47. The zero-order valence-corrected chi connectivity index (χ0v) is 25.4. The van der Waals surface area contributed by atoms with Crippen LogP contribution in [0.5, 0.6) is 5.88 Å². The number of aryl methyl sites for hydroxylation is 1. The van der Waals surface area contributed by atoms with Gasteiger partial charge in [-0.3, -0.25) is 13.5 Å². The number of amides is 1. The predicted molar refractivity (Wildman–Crippen MR) is 167 cm³/mol. The lowest BCUT2D eigenvalue weighted by molar-refractivity contribution is 0.0726. The maximum Gasteiger partial charge on any atom is 0.254 e. The van der Waals surface area contributed by atoms with Gasteiger partial charge in [-0.05, 0) is 101 Å². The second-order valence-corrected chi connectivity index (χ2v) is 13.8. The van der Waals surface area contributed by atoms with Crippen molar-refractivity contribution in [1.29, 1.82) is 0 Å². The normalized spacial score (nSPS) is 25.7.